The molecule has 21 heavy (non-hydrogen) atoms. The minimum absolute atomic E-state index is 0.437. The molecule has 0 spiro atoms. The van der Waals surface area contributed by atoms with Crippen LogP contribution in [0.3, 0.4) is 0 Å². The number of halogens is 2. The van der Waals surface area contributed by atoms with E-state index in [1.165, 1.54) is 4.67 Å². The number of anilines is 1. The van der Waals surface area contributed by atoms with Gasteiger partial charge in [0, 0.05) is 6.20 Å². The topological polar surface area (TPSA) is 29.5 Å². The van der Waals surface area contributed by atoms with Gasteiger partial charge in [-0.15, -0.1) is 0 Å². The third-order valence-electron chi connectivity index (χ3n) is 3.13. The van der Waals surface area contributed by atoms with Gasteiger partial charge in [0.15, 0.2) is 0 Å². The quantitative estimate of drug-likeness (QED) is 0.649. The van der Waals surface area contributed by atoms with Crippen molar-refractivity contribution in [3.8, 4) is 0 Å². The van der Waals surface area contributed by atoms with E-state index < -0.39 is 13.0 Å². The number of nitrogens with zero attached hydrogens (tertiary/aromatic N) is 1. The van der Waals surface area contributed by atoms with E-state index in [1.807, 2.05) is 30.3 Å². The summed E-state index contributed by atoms with van der Waals surface area (Å²) in [6, 6.07) is 16.6. The molecule has 0 fully saturated rings. The molecule has 108 valence electrons. The molecule has 1 aliphatic heterocycles. The minimum atomic E-state index is -3.53. The normalized spacial score (nSPS) is 25.0. The molecule has 0 aromatic heterocycles. The van der Waals surface area contributed by atoms with Gasteiger partial charge in [0.2, 0.25) is 0 Å². The number of hydrogen-bond donors (Lipinski definition) is 0. The van der Waals surface area contributed by atoms with E-state index in [0.717, 1.165) is 5.56 Å². The van der Waals surface area contributed by atoms with Gasteiger partial charge in [-0.1, -0.05) is 54.1 Å². The highest BCUT2D eigenvalue weighted by Crippen LogP contribution is 2.63. The molecule has 3 rings (SSSR count). The van der Waals surface area contributed by atoms with E-state index in [2.05, 4.69) is 0 Å². The maximum absolute atomic E-state index is 12.7. The fraction of sp³-hybridized carbons (Fsp3) is 0.0667. The number of benzene rings is 2. The summed E-state index contributed by atoms with van der Waals surface area (Å²) in [6.45, 7) is -3.53. The highest BCUT2D eigenvalue weighted by atomic mass is 35.7. The van der Waals surface area contributed by atoms with Crippen LogP contribution in [-0.2, 0) is 9.09 Å². The molecule has 3 nitrogen and oxygen atoms in total. The van der Waals surface area contributed by atoms with E-state index >= 15 is 0 Å². The van der Waals surface area contributed by atoms with Gasteiger partial charge in [-0.25, -0.2) is 4.57 Å². The lowest BCUT2D eigenvalue weighted by Crippen LogP contribution is -2.18. The highest BCUT2D eigenvalue weighted by molar-refractivity contribution is 7.86. The molecular formula is C15H12Cl2NO2P. The summed E-state index contributed by atoms with van der Waals surface area (Å²) in [6.07, 6.45) is 3.03. The number of para-hydroxylation sites is 1. The Hall–Kier alpha value is -1.25. The summed E-state index contributed by atoms with van der Waals surface area (Å²) in [7, 11) is 0. The first kappa shape index (κ1) is 14.7. The van der Waals surface area contributed by atoms with Crippen molar-refractivity contribution >= 4 is 35.4 Å². The van der Waals surface area contributed by atoms with Crippen LogP contribution in [0.1, 0.15) is 11.7 Å². The second-order valence-corrected chi connectivity index (χ2v) is 7.76. The first-order valence-electron chi connectivity index (χ1n) is 6.33. The largest absolute Gasteiger partial charge is 0.392 e. The van der Waals surface area contributed by atoms with E-state index in [4.69, 9.17) is 27.4 Å². The van der Waals surface area contributed by atoms with Gasteiger partial charge in [0.05, 0.1) is 10.7 Å². The fourth-order valence-corrected chi connectivity index (χ4v) is 4.31. The van der Waals surface area contributed by atoms with Crippen LogP contribution in [-0.4, -0.2) is 0 Å². The average Bonchev–Trinajstić information content (AvgIpc) is 2.48. The minimum Gasteiger partial charge on any atom is -0.289 e. The van der Waals surface area contributed by atoms with Crippen LogP contribution in [0.4, 0.5) is 5.69 Å². The average molecular weight is 340 g/mol. The van der Waals surface area contributed by atoms with Crippen molar-refractivity contribution in [1.82, 2.24) is 0 Å². The Morgan fingerprint density at radius 2 is 1.71 bits per heavy atom. The van der Waals surface area contributed by atoms with Crippen LogP contribution in [0.2, 0.25) is 5.02 Å². The molecule has 0 amide bonds. The van der Waals surface area contributed by atoms with Crippen LogP contribution in [0.25, 0.3) is 0 Å². The summed E-state index contributed by atoms with van der Waals surface area (Å²) >= 11 is 12.3. The lowest BCUT2D eigenvalue weighted by molar-refractivity contribution is 0.259. The third-order valence-corrected chi connectivity index (χ3v) is 5.53. The summed E-state index contributed by atoms with van der Waals surface area (Å²) in [4.78, 5) is 0. The lowest BCUT2D eigenvalue weighted by Gasteiger charge is -2.32. The molecule has 0 aliphatic carbocycles. The maximum atomic E-state index is 12.7. The standard InChI is InChI=1S/C15H12Cl2NO2P/c16-13-8-4-5-9-14(13)18-11-10-15(20-21(18,17)19)12-6-2-1-3-7-12/h1-11,15H. The zero-order valence-corrected chi connectivity index (χ0v) is 13.3. The van der Waals surface area contributed by atoms with Crippen molar-refractivity contribution in [1.29, 1.82) is 0 Å². The van der Waals surface area contributed by atoms with Gasteiger partial charge >= 0.3 is 6.87 Å². The Kier molecular flexibility index (Phi) is 4.10. The Morgan fingerprint density at radius 1 is 1.05 bits per heavy atom. The van der Waals surface area contributed by atoms with Crippen LogP contribution < -0.4 is 4.67 Å². The summed E-state index contributed by atoms with van der Waals surface area (Å²) in [5.74, 6) is 0. The zero-order valence-electron chi connectivity index (χ0n) is 10.9. The molecule has 0 N–H and O–H groups in total. The summed E-state index contributed by atoms with van der Waals surface area (Å²) in [5, 5.41) is 0.463. The molecule has 2 atom stereocenters. The molecular weight excluding hydrogens is 328 g/mol. The highest BCUT2D eigenvalue weighted by Gasteiger charge is 2.36. The van der Waals surface area contributed by atoms with Gasteiger partial charge in [-0.05, 0) is 35.0 Å². The number of rotatable bonds is 2. The van der Waals surface area contributed by atoms with Crippen molar-refractivity contribution in [2.75, 3.05) is 4.67 Å². The van der Waals surface area contributed by atoms with Crippen LogP contribution in [0, 0.1) is 0 Å². The predicted octanol–water partition coefficient (Wildman–Crippen LogP) is 5.78. The van der Waals surface area contributed by atoms with Crippen molar-refractivity contribution in [3.05, 3.63) is 77.5 Å². The van der Waals surface area contributed by atoms with E-state index in [0.29, 0.717) is 10.7 Å². The Labute approximate surface area is 133 Å². The first-order valence-corrected chi connectivity index (χ1v) is 9.19. The molecule has 2 unspecified atom stereocenters. The fourth-order valence-electron chi connectivity index (χ4n) is 2.13. The predicted molar refractivity (Wildman–Crippen MR) is 86.8 cm³/mol. The van der Waals surface area contributed by atoms with Gasteiger partial charge in [-0.3, -0.25) is 9.19 Å². The van der Waals surface area contributed by atoms with Crippen molar-refractivity contribution in [3.63, 3.8) is 0 Å². The van der Waals surface area contributed by atoms with E-state index in [9.17, 15) is 4.57 Å². The Morgan fingerprint density at radius 3 is 2.38 bits per heavy atom. The third kappa shape index (κ3) is 3.02. The SMILES string of the molecule is O=P1(Cl)OC(c2ccccc2)C=CN1c1ccccc1Cl. The molecule has 1 aliphatic rings. The Bertz CT molecular complexity index is 721. The molecule has 0 saturated heterocycles. The first-order chi connectivity index (χ1) is 10.1. The van der Waals surface area contributed by atoms with Crippen LogP contribution in [0.15, 0.2) is 66.9 Å². The number of hydrogen-bond acceptors (Lipinski definition) is 2. The summed E-state index contributed by atoms with van der Waals surface area (Å²) < 4.78 is 19.6. The van der Waals surface area contributed by atoms with Gasteiger partial charge in [-0.2, -0.15) is 0 Å². The van der Waals surface area contributed by atoms with Crippen molar-refractivity contribution in [2.45, 2.75) is 6.10 Å². The summed E-state index contributed by atoms with van der Waals surface area (Å²) in [5.41, 5.74) is 1.45. The van der Waals surface area contributed by atoms with E-state index in [-0.39, 0.29) is 0 Å². The van der Waals surface area contributed by atoms with E-state index in [1.54, 1.807) is 36.5 Å². The molecule has 2 aromatic carbocycles. The van der Waals surface area contributed by atoms with Gasteiger partial charge in [0.1, 0.15) is 6.10 Å². The molecule has 2 aromatic rings. The zero-order chi connectivity index (χ0) is 14.9. The van der Waals surface area contributed by atoms with Gasteiger partial charge in [0.25, 0.3) is 0 Å². The second-order valence-electron chi connectivity index (χ2n) is 4.53. The molecule has 1 heterocycles. The lowest BCUT2D eigenvalue weighted by atomic mass is 10.1. The van der Waals surface area contributed by atoms with Crippen molar-refractivity contribution < 1.29 is 9.09 Å². The monoisotopic (exact) mass is 339 g/mol. The van der Waals surface area contributed by atoms with Crippen LogP contribution >= 0.6 is 29.7 Å². The van der Waals surface area contributed by atoms with Gasteiger partial charge < -0.3 is 0 Å². The second kappa shape index (κ2) is 5.86. The van der Waals surface area contributed by atoms with Crippen LogP contribution in [0.5, 0.6) is 0 Å². The molecule has 0 radical (unpaired) electrons. The molecule has 6 heteroatoms. The maximum Gasteiger partial charge on any atom is 0.392 e. The Balaban J connectivity index is 1.96. The smallest absolute Gasteiger partial charge is 0.289 e. The molecule has 0 bridgehead atoms. The van der Waals surface area contributed by atoms with Crippen molar-refractivity contribution in [2.24, 2.45) is 0 Å². The molecule has 0 saturated carbocycles.